The van der Waals surface area contributed by atoms with Crippen LogP contribution in [0.15, 0.2) is 39.0 Å². The van der Waals surface area contributed by atoms with Gasteiger partial charge in [-0.2, -0.15) is 5.26 Å². The molecule has 0 spiro atoms. The average molecular weight is 367 g/mol. The van der Waals surface area contributed by atoms with Gasteiger partial charge < -0.3 is 0 Å². The number of nitrogens with zero attached hydrogens (tertiary/aromatic N) is 2. The molecular weight excluding hydrogens is 356 g/mol. The first-order valence-corrected chi connectivity index (χ1v) is 8.48. The number of aromatic nitrogens is 1. The molecule has 20 heavy (non-hydrogen) atoms. The van der Waals surface area contributed by atoms with Crippen LogP contribution >= 0.6 is 39.0 Å². The summed E-state index contributed by atoms with van der Waals surface area (Å²) in [5.41, 5.74) is 0.846. The molecule has 0 aliphatic rings. The number of carbonyl (C=O) groups is 1. The number of thiazole rings is 1. The molecule has 2 rings (SSSR count). The standard InChI is InChI=1S/C14H11BrN2OS2/c1-9-7-20-14(17-9)12(6-16)13(18)8-19-11-4-2-10(15)3-5-11/h2-5,7,12H,8H2,1H3/t12-/m0/s1. The maximum atomic E-state index is 12.1. The number of aryl methyl sites for hydroxylation is 1. The summed E-state index contributed by atoms with van der Waals surface area (Å²) in [6, 6.07) is 9.80. The molecular formula is C14H11BrN2OS2. The Labute approximate surface area is 134 Å². The van der Waals surface area contributed by atoms with E-state index in [4.69, 9.17) is 0 Å². The molecule has 0 unspecified atom stereocenters. The van der Waals surface area contributed by atoms with Crippen LogP contribution in [0.4, 0.5) is 0 Å². The Kier molecular flexibility index (Phi) is 5.35. The number of Topliss-reactive ketones (excluding diaryl/α,β-unsaturated/α-hetero) is 1. The van der Waals surface area contributed by atoms with Gasteiger partial charge in [0.25, 0.3) is 0 Å². The molecule has 1 atom stereocenters. The second-order valence-electron chi connectivity index (χ2n) is 4.10. The number of carbonyl (C=O) groups excluding carboxylic acids is 1. The molecule has 0 radical (unpaired) electrons. The van der Waals surface area contributed by atoms with Crippen LogP contribution < -0.4 is 0 Å². The van der Waals surface area contributed by atoms with Gasteiger partial charge in [-0.05, 0) is 31.2 Å². The Morgan fingerprint density at radius 2 is 2.20 bits per heavy atom. The van der Waals surface area contributed by atoms with Gasteiger partial charge in [-0.3, -0.25) is 4.79 Å². The van der Waals surface area contributed by atoms with Gasteiger partial charge in [-0.15, -0.1) is 23.1 Å². The van der Waals surface area contributed by atoms with Crippen LogP contribution in [-0.2, 0) is 4.79 Å². The van der Waals surface area contributed by atoms with Crippen LogP contribution in [0.2, 0.25) is 0 Å². The van der Waals surface area contributed by atoms with Gasteiger partial charge in [-0.1, -0.05) is 15.9 Å². The van der Waals surface area contributed by atoms with Crippen LogP contribution in [0.25, 0.3) is 0 Å². The zero-order valence-corrected chi connectivity index (χ0v) is 13.9. The van der Waals surface area contributed by atoms with Gasteiger partial charge in [-0.25, -0.2) is 4.98 Å². The van der Waals surface area contributed by atoms with Crippen LogP contribution in [-0.4, -0.2) is 16.5 Å². The van der Waals surface area contributed by atoms with Crippen molar-refractivity contribution in [3.05, 3.63) is 44.8 Å². The third-order valence-electron chi connectivity index (χ3n) is 2.53. The summed E-state index contributed by atoms with van der Waals surface area (Å²) in [5, 5.41) is 11.6. The van der Waals surface area contributed by atoms with Crippen molar-refractivity contribution in [3.63, 3.8) is 0 Å². The Morgan fingerprint density at radius 1 is 1.50 bits per heavy atom. The average Bonchev–Trinajstić information content (AvgIpc) is 2.85. The van der Waals surface area contributed by atoms with Crippen molar-refractivity contribution in [2.75, 3.05) is 5.75 Å². The summed E-state index contributed by atoms with van der Waals surface area (Å²) >= 11 is 6.17. The Bertz CT molecular complexity index is 646. The summed E-state index contributed by atoms with van der Waals surface area (Å²) in [4.78, 5) is 17.4. The molecule has 0 amide bonds. The van der Waals surface area contributed by atoms with E-state index in [9.17, 15) is 10.1 Å². The third-order valence-corrected chi connectivity index (χ3v) is 5.12. The lowest BCUT2D eigenvalue weighted by Crippen LogP contribution is -2.13. The molecule has 0 aliphatic carbocycles. The van der Waals surface area contributed by atoms with Crippen molar-refractivity contribution < 1.29 is 4.79 Å². The summed E-state index contributed by atoms with van der Waals surface area (Å²) in [7, 11) is 0. The molecule has 1 aromatic carbocycles. The van der Waals surface area contributed by atoms with Gasteiger partial charge in [0.2, 0.25) is 0 Å². The van der Waals surface area contributed by atoms with E-state index in [0.29, 0.717) is 5.01 Å². The Morgan fingerprint density at radius 3 is 2.75 bits per heavy atom. The lowest BCUT2D eigenvalue weighted by atomic mass is 10.1. The highest BCUT2D eigenvalue weighted by atomic mass is 79.9. The minimum absolute atomic E-state index is 0.102. The fourth-order valence-electron chi connectivity index (χ4n) is 1.54. The first-order valence-electron chi connectivity index (χ1n) is 5.83. The summed E-state index contributed by atoms with van der Waals surface area (Å²) in [5.74, 6) is -0.579. The molecule has 0 saturated carbocycles. The largest absolute Gasteiger partial charge is 0.297 e. The van der Waals surface area contributed by atoms with E-state index in [1.165, 1.54) is 23.1 Å². The van der Waals surface area contributed by atoms with E-state index in [1.54, 1.807) is 0 Å². The fourth-order valence-corrected chi connectivity index (χ4v) is 3.47. The van der Waals surface area contributed by atoms with E-state index in [-0.39, 0.29) is 11.5 Å². The van der Waals surface area contributed by atoms with E-state index >= 15 is 0 Å². The number of rotatable bonds is 5. The zero-order chi connectivity index (χ0) is 14.5. The molecule has 0 bridgehead atoms. The van der Waals surface area contributed by atoms with E-state index in [1.807, 2.05) is 36.6 Å². The van der Waals surface area contributed by atoms with Gasteiger partial charge in [0.1, 0.15) is 5.01 Å². The Hall–Kier alpha value is -1.16. The number of nitriles is 1. The second-order valence-corrected chi connectivity index (χ2v) is 6.95. The second kappa shape index (κ2) is 7.02. The first-order chi connectivity index (χ1) is 9.60. The van der Waals surface area contributed by atoms with Crippen LogP contribution in [0, 0.1) is 18.3 Å². The van der Waals surface area contributed by atoms with Crippen molar-refractivity contribution in [1.29, 1.82) is 5.26 Å². The maximum absolute atomic E-state index is 12.1. The highest BCUT2D eigenvalue weighted by Crippen LogP contribution is 2.25. The molecule has 6 heteroatoms. The maximum Gasteiger partial charge on any atom is 0.167 e. The van der Waals surface area contributed by atoms with Crippen LogP contribution in [0.5, 0.6) is 0 Å². The molecule has 0 aliphatic heterocycles. The quantitative estimate of drug-likeness (QED) is 0.744. The molecule has 0 saturated heterocycles. The van der Waals surface area contributed by atoms with Crippen LogP contribution in [0.3, 0.4) is 0 Å². The molecule has 0 N–H and O–H groups in total. The van der Waals surface area contributed by atoms with Crippen molar-refractivity contribution in [2.45, 2.75) is 17.7 Å². The smallest absolute Gasteiger partial charge is 0.167 e. The number of hydrogen-bond donors (Lipinski definition) is 0. The van der Waals surface area contributed by atoms with Crippen molar-refractivity contribution in [2.24, 2.45) is 0 Å². The van der Waals surface area contributed by atoms with Crippen molar-refractivity contribution in [1.82, 2.24) is 4.98 Å². The molecule has 1 aromatic heterocycles. The van der Waals surface area contributed by atoms with Gasteiger partial charge in [0.15, 0.2) is 11.7 Å². The topological polar surface area (TPSA) is 53.8 Å². The van der Waals surface area contributed by atoms with E-state index in [2.05, 4.69) is 27.0 Å². The number of hydrogen-bond acceptors (Lipinski definition) is 5. The minimum atomic E-state index is -0.753. The van der Waals surface area contributed by atoms with Crippen molar-refractivity contribution in [3.8, 4) is 6.07 Å². The molecule has 102 valence electrons. The number of ketones is 1. The fraction of sp³-hybridized carbons (Fsp3) is 0.214. The van der Waals surface area contributed by atoms with Crippen LogP contribution in [0.1, 0.15) is 16.6 Å². The minimum Gasteiger partial charge on any atom is -0.297 e. The molecule has 0 fully saturated rings. The van der Waals surface area contributed by atoms with E-state index in [0.717, 1.165) is 15.1 Å². The molecule has 2 aromatic rings. The lowest BCUT2D eigenvalue weighted by molar-refractivity contribution is -0.116. The van der Waals surface area contributed by atoms with Crippen molar-refractivity contribution >= 4 is 44.8 Å². The van der Waals surface area contributed by atoms with Gasteiger partial charge in [0, 0.05) is 20.4 Å². The zero-order valence-electron chi connectivity index (χ0n) is 10.7. The summed E-state index contributed by atoms with van der Waals surface area (Å²) in [6.07, 6.45) is 0. The third kappa shape index (κ3) is 3.92. The summed E-state index contributed by atoms with van der Waals surface area (Å²) < 4.78 is 1.00. The molecule has 3 nitrogen and oxygen atoms in total. The highest BCUT2D eigenvalue weighted by Gasteiger charge is 2.23. The summed E-state index contributed by atoms with van der Waals surface area (Å²) in [6.45, 7) is 1.86. The van der Waals surface area contributed by atoms with E-state index < -0.39 is 5.92 Å². The lowest BCUT2D eigenvalue weighted by Gasteiger charge is -2.05. The predicted octanol–water partition coefficient (Wildman–Crippen LogP) is 4.18. The first kappa shape index (κ1) is 15.2. The monoisotopic (exact) mass is 366 g/mol. The number of halogens is 1. The highest BCUT2D eigenvalue weighted by molar-refractivity contribution is 9.10. The van der Waals surface area contributed by atoms with Gasteiger partial charge in [0.05, 0.1) is 11.8 Å². The SMILES string of the molecule is Cc1csc([C@@H](C#N)C(=O)CSc2ccc(Br)cc2)n1. The normalized spacial score (nSPS) is 11.8. The molecule has 1 heterocycles. The predicted molar refractivity (Wildman–Crippen MR) is 85.1 cm³/mol. The Balaban J connectivity index is 2.00. The number of thioether (sulfide) groups is 1. The van der Waals surface area contributed by atoms with Gasteiger partial charge >= 0.3 is 0 Å². The number of benzene rings is 1.